The second kappa shape index (κ2) is 14.1. The zero-order valence-corrected chi connectivity index (χ0v) is 31.7. The van der Waals surface area contributed by atoms with Crippen LogP contribution >= 0.6 is 0 Å². The van der Waals surface area contributed by atoms with Gasteiger partial charge in [0.2, 0.25) is 0 Å². The molecule has 0 unspecified atom stereocenters. The van der Waals surface area contributed by atoms with Gasteiger partial charge < -0.3 is 9.32 Å². The van der Waals surface area contributed by atoms with Crippen LogP contribution in [0.2, 0.25) is 0 Å². The molecule has 1 aromatic heterocycles. The molecule has 2 heteroatoms. The van der Waals surface area contributed by atoms with Gasteiger partial charge in [0, 0.05) is 27.8 Å². The van der Waals surface area contributed by atoms with Crippen LogP contribution < -0.4 is 4.90 Å². The summed E-state index contributed by atoms with van der Waals surface area (Å²) in [6.45, 7) is 0. The smallest absolute Gasteiger partial charge is 0.135 e. The lowest BCUT2D eigenvalue weighted by atomic mass is 9.97. The Morgan fingerprint density at radius 1 is 0.259 bits per heavy atom. The first-order valence-corrected chi connectivity index (χ1v) is 19.8. The van der Waals surface area contributed by atoms with Gasteiger partial charge >= 0.3 is 0 Å². The van der Waals surface area contributed by atoms with E-state index >= 15 is 0 Å². The maximum absolute atomic E-state index is 6.16. The normalized spacial score (nSPS) is 11.4. The van der Waals surface area contributed by atoms with Crippen LogP contribution in [0.25, 0.3) is 88.0 Å². The standard InChI is InChI=1S/C56H37NO/c1-2-11-44-35-46(24-23-38(44)9-1)41-21-19-39(20-22-41)40-25-30-48(31-26-40)57(49-32-27-43(28-33-49)52-17-8-12-42-10-3-4-15-51(42)52)50-14-7-13-45(36-50)47-29-34-56-54(37-47)53-16-5-6-18-55(53)58-56/h1-37H. The van der Waals surface area contributed by atoms with Crippen molar-refractivity contribution in [2.75, 3.05) is 4.90 Å². The number of rotatable bonds is 7. The van der Waals surface area contributed by atoms with Crippen LogP contribution in [0.1, 0.15) is 0 Å². The SMILES string of the molecule is c1cc(-c2ccc3oc4ccccc4c3c2)cc(N(c2ccc(-c3ccc(-c4ccc5ccccc5c4)cc3)cc2)c2ccc(-c3cccc4ccccc34)cc2)c1. The van der Waals surface area contributed by atoms with Crippen molar-refractivity contribution in [3.05, 3.63) is 224 Å². The van der Waals surface area contributed by atoms with Crippen LogP contribution in [0.4, 0.5) is 17.1 Å². The van der Waals surface area contributed by atoms with E-state index in [-0.39, 0.29) is 0 Å². The van der Waals surface area contributed by atoms with Gasteiger partial charge in [-0.1, -0.05) is 164 Å². The number of hydrogen-bond acceptors (Lipinski definition) is 2. The van der Waals surface area contributed by atoms with Gasteiger partial charge in [-0.25, -0.2) is 0 Å². The molecule has 10 aromatic carbocycles. The lowest BCUT2D eigenvalue weighted by Crippen LogP contribution is -2.10. The van der Waals surface area contributed by atoms with Gasteiger partial charge in [-0.2, -0.15) is 0 Å². The molecule has 11 rings (SSSR count). The Morgan fingerprint density at radius 2 is 0.776 bits per heavy atom. The van der Waals surface area contributed by atoms with E-state index in [0.29, 0.717) is 0 Å². The Balaban J connectivity index is 0.963. The Bertz CT molecular complexity index is 3260. The number of hydrogen-bond donors (Lipinski definition) is 0. The van der Waals surface area contributed by atoms with E-state index in [1.165, 1.54) is 54.9 Å². The van der Waals surface area contributed by atoms with Crippen molar-refractivity contribution < 1.29 is 4.42 Å². The highest BCUT2D eigenvalue weighted by Gasteiger charge is 2.16. The molecule has 2 nitrogen and oxygen atoms in total. The highest BCUT2D eigenvalue weighted by Crippen LogP contribution is 2.40. The van der Waals surface area contributed by atoms with E-state index in [1.807, 2.05) is 12.1 Å². The first-order chi connectivity index (χ1) is 28.7. The van der Waals surface area contributed by atoms with Gasteiger partial charge in [0.25, 0.3) is 0 Å². The van der Waals surface area contributed by atoms with Crippen LogP contribution in [0.15, 0.2) is 229 Å². The van der Waals surface area contributed by atoms with Gasteiger partial charge in [-0.3, -0.25) is 0 Å². The molecule has 272 valence electrons. The summed E-state index contributed by atoms with van der Waals surface area (Å²) >= 11 is 0. The fourth-order valence-electron chi connectivity index (χ4n) is 8.47. The van der Waals surface area contributed by atoms with Crippen LogP contribution in [0, 0.1) is 0 Å². The maximum Gasteiger partial charge on any atom is 0.135 e. The average molecular weight is 740 g/mol. The lowest BCUT2D eigenvalue weighted by molar-refractivity contribution is 0.669. The molecule has 0 amide bonds. The number of nitrogens with zero attached hydrogens (tertiary/aromatic N) is 1. The predicted molar refractivity (Wildman–Crippen MR) is 245 cm³/mol. The summed E-state index contributed by atoms with van der Waals surface area (Å²) in [5.74, 6) is 0. The van der Waals surface area contributed by atoms with Crippen LogP contribution in [-0.4, -0.2) is 0 Å². The molecule has 0 saturated carbocycles. The fraction of sp³-hybridized carbons (Fsp3) is 0. The second-order valence-corrected chi connectivity index (χ2v) is 15.0. The number of benzene rings is 10. The molecule has 0 aliphatic carbocycles. The maximum atomic E-state index is 6.16. The van der Waals surface area contributed by atoms with E-state index in [9.17, 15) is 0 Å². The minimum Gasteiger partial charge on any atom is -0.456 e. The molecule has 0 fully saturated rings. The molecule has 11 aromatic rings. The molecular formula is C56H37NO. The highest BCUT2D eigenvalue weighted by molar-refractivity contribution is 6.06. The summed E-state index contributed by atoms with van der Waals surface area (Å²) < 4.78 is 6.16. The summed E-state index contributed by atoms with van der Waals surface area (Å²) in [6.07, 6.45) is 0. The van der Waals surface area contributed by atoms with Gasteiger partial charge in [0.15, 0.2) is 0 Å². The van der Waals surface area contributed by atoms with Gasteiger partial charge in [-0.05, 0) is 127 Å². The third-order valence-corrected chi connectivity index (χ3v) is 11.5. The number of anilines is 3. The molecular weight excluding hydrogens is 703 g/mol. The van der Waals surface area contributed by atoms with Gasteiger partial charge in [0.1, 0.15) is 11.2 Å². The summed E-state index contributed by atoms with van der Waals surface area (Å²) in [6, 6.07) is 80.8. The zero-order valence-electron chi connectivity index (χ0n) is 31.7. The topological polar surface area (TPSA) is 16.4 Å². The lowest BCUT2D eigenvalue weighted by Gasteiger charge is -2.26. The Hall–Kier alpha value is -7.68. The van der Waals surface area contributed by atoms with Crippen LogP contribution in [-0.2, 0) is 0 Å². The largest absolute Gasteiger partial charge is 0.456 e. The third kappa shape index (κ3) is 6.09. The Kier molecular flexibility index (Phi) is 8.19. The van der Waals surface area contributed by atoms with Gasteiger partial charge in [0.05, 0.1) is 0 Å². The molecule has 58 heavy (non-hydrogen) atoms. The third-order valence-electron chi connectivity index (χ3n) is 11.5. The van der Waals surface area contributed by atoms with E-state index in [1.54, 1.807) is 0 Å². The second-order valence-electron chi connectivity index (χ2n) is 15.0. The molecule has 0 saturated heterocycles. The monoisotopic (exact) mass is 739 g/mol. The summed E-state index contributed by atoms with van der Waals surface area (Å²) in [4.78, 5) is 2.36. The van der Waals surface area contributed by atoms with Crippen LogP contribution in [0.5, 0.6) is 0 Å². The van der Waals surface area contributed by atoms with E-state index in [2.05, 4.69) is 217 Å². The predicted octanol–water partition coefficient (Wildman–Crippen LogP) is 16.0. The molecule has 0 atom stereocenters. The minimum atomic E-state index is 0.900. The van der Waals surface area contributed by atoms with E-state index < -0.39 is 0 Å². The van der Waals surface area contributed by atoms with Crippen molar-refractivity contribution in [1.29, 1.82) is 0 Å². The molecule has 0 aliphatic rings. The van der Waals surface area contributed by atoms with Crippen molar-refractivity contribution in [3.8, 4) is 44.5 Å². The van der Waals surface area contributed by atoms with Crippen LogP contribution in [0.3, 0.4) is 0 Å². The number of fused-ring (bicyclic) bond motifs is 5. The highest BCUT2D eigenvalue weighted by atomic mass is 16.3. The van der Waals surface area contributed by atoms with Crippen molar-refractivity contribution in [2.24, 2.45) is 0 Å². The van der Waals surface area contributed by atoms with E-state index in [4.69, 9.17) is 4.42 Å². The van der Waals surface area contributed by atoms with Crippen molar-refractivity contribution in [2.45, 2.75) is 0 Å². The van der Waals surface area contributed by atoms with Crippen molar-refractivity contribution >= 4 is 60.5 Å². The zero-order chi connectivity index (χ0) is 38.4. The summed E-state index contributed by atoms with van der Waals surface area (Å²) in [5.41, 5.74) is 14.6. The van der Waals surface area contributed by atoms with Gasteiger partial charge in [-0.15, -0.1) is 0 Å². The summed E-state index contributed by atoms with van der Waals surface area (Å²) in [7, 11) is 0. The Labute approximate surface area is 337 Å². The van der Waals surface area contributed by atoms with Crippen molar-refractivity contribution in [1.82, 2.24) is 0 Å². The van der Waals surface area contributed by atoms with E-state index in [0.717, 1.165) is 50.1 Å². The minimum absolute atomic E-state index is 0.900. The average Bonchev–Trinajstić information content (AvgIpc) is 3.67. The molecule has 0 N–H and O–H groups in total. The quantitative estimate of drug-likeness (QED) is 0.162. The molecule has 0 bridgehead atoms. The molecule has 0 aliphatic heterocycles. The van der Waals surface area contributed by atoms with Crippen molar-refractivity contribution in [3.63, 3.8) is 0 Å². The fourth-order valence-corrected chi connectivity index (χ4v) is 8.47. The Morgan fingerprint density at radius 3 is 1.55 bits per heavy atom. The first-order valence-electron chi connectivity index (χ1n) is 19.8. The molecule has 0 radical (unpaired) electrons. The molecule has 1 heterocycles. The summed E-state index contributed by atoms with van der Waals surface area (Å²) in [5, 5.41) is 7.27. The first kappa shape index (κ1) is 33.6. The number of para-hydroxylation sites is 1. The number of furan rings is 1. The molecule has 0 spiro atoms.